The molecule has 2 atom stereocenters. The highest BCUT2D eigenvalue weighted by molar-refractivity contribution is 5.82. The van der Waals surface area contributed by atoms with Gasteiger partial charge in [-0.25, -0.2) is 0 Å². The molecule has 1 N–H and O–H groups in total. The van der Waals surface area contributed by atoms with Gasteiger partial charge >= 0.3 is 0 Å². The fourth-order valence-electron chi connectivity index (χ4n) is 2.96. The van der Waals surface area contributed by atoms with E-state index in [0.717, 1.165) is 39.0 Å². The first kappa shape index (κ1) is 12.8. The van der Waals surface area contributed by atoms with Crippen molar-refractivity contribution in [3.63, 3.8) is 0 Å². The van der Waals surface area contributed by atoms with Gasteiger partial charge in [-0.15, -0.1) is 0 Å². The Kier molecular flexibility index (Phi) is 4.40. The van der Waals surface area contributed by atoms with Crippen LogP contribution in [-0.2, 0) is 4.79 Å². The van der Waals surface area contributed by atoms with Crippen molar-refractivity contribution in [2.45, 2.75) is 44.7 Å². The molecule has 4 heteroatoms. The van der Waals surface area contributed by atoms with Gasteiger partial charge in [-0.1, -0.05) is 6.42 Å². The molecule has 2 rings (SSSR count). The summed E-state index contributed by atoms with van der Waals surface area (Å²) in [6, 6.07) is 0.424. The summed E-state index contributed by atoms with van der Waals surface area (Å²) >= 11 is 0. The summed E-state index contributed by atoms with van der Waals surface area (Å²) in [7, 11) is 2.14. The van der Waals surface area contributed by atoms with E-state index in [9.17, 15) is 4.79 Å². The number of piperidine rings is 1. The Balaban J connectivity index is 1.96. The van der Waals surface area contributed by atoms with Gasteiger partial charge in [-0.2, -0.15) is 0 Å². The first-order valence-electron chi connectivity index (χ1n) is 6.91. The lowest BCUT2D eigenvalue weighted by molar-refractivity contribution is -0.135. The van der Waals surface area contributed by atoms with E-state index in [2.05, 4.69) is 29.1 Å². The van der Waals surface area contributed by atoms with Crippen LogP contribution in [0.15, 0.2) is 0 Å². The third-order valence-electron chi connectivity index (χ3n) is 3.94. The van der Waals surface area contributed by atoms with Gasteiger partial charge < -0.3 is 15.1 Å². The molecule has 0 aromatic rings. The summed E-state index contributed by atoms with van der Waals surface area (Å²) in [6.07, 6.45) is 4.50. The second-order valence-electron chi connectivity index (χ2n) is 5.50. The van der Waals surface area contributed by atoms with Gasteiger partial charge in [0.1, 0.15) is 0 Å². The standard InChI is InChI=1S/C13H25N3O/c1-11-10-15(2)8-5-9-16(11)13(17)12-6-3-4-7-14-12/h11-12,14H,3-10H2,1-2H3/t11?,12-/m0/s1. The van der Waals surface area contributed by atoms with E-state index >= 15 is 0 Å². The lowest BCUT2D eigenvalue weighted by Gasteiger charge is -2.33. The quantitative estimate of drug-likeness (QED) is 0.731. The highest BCUT2D eigenvalue weighted by atomic mass is 16.2. The van der Waals surface area contributed by atoms with Gasteiger partial charge in [-0.05, 0) is 46.3 Å². The van der Waals surface area contributed by atoms with Crippen molar-refractivity contribution in [1.82, 2.24) is 15.1 Å². The summed E-state index contributed by atoms with van der Waals surface area (Å²) in [5.41, 5.74) is 0. The minimum Gasteiger partial charge on any atom is -0.337 e. The maximum absolute atomic E-state index is 12.5. The van der Waals surface area contributed by atoms with Crippen LogP contribution in [-0.4, -0.2) is 61.0 Å². The molecule has 2 saturated heterocycles. The molecule has 1 amide bonds. The number of hydrogen-bond donors (Lipinski definition) is 1. The van der Waals surface area contributed by atoms with Crippen molar-refractivity contribution < 1.29 is 4.79 Å². The third-order valence-corrected chi connectivity index (χ3v) is 3.94. The second kappa shape index (κ2) is 5.83. The topological polar surface area (TPSA) is 35.6 Å². The fourth-order valence-corrected chi connectivity index (χ4v) is 2.96. The molecule has 17 heavy (non-hydrogen) atoms. The van der Waals surface area contributed by atoms with E-state index in [1.165, 1.54) is 12.8 Å². The Morgan fingerprint density at radius 1 is 1.24 bits per heavy atom. The van der Waals surface area contributed by atoms with E-state index in [-0.39, 0.29) is 6.04 Å². The van der Waals surface area contributed by atoms with Crippen LogP contribution in [0, 0.1) is 0 Å². The highest BCUT2D eigenvalue weighted by Gasteiger charge is 2.30. The number of carbonyl (C=O) groups is 1. The predicted octanol–water partition coefficient (Wildman–Crippen LogP) is 0.681. The molecule has 2 aliphatic rings. The number of nitrogens with one attached hydrogen (secondary N) is 1. The molecule has 2 aliphatic heterocycles. The molecule has 2 heterocycles. The minimum absolute atomic E-state index is 0.0783. The van der Waals surface area contributed by atoms with E-state index in [0.29, 0.717) is 11.9 Å². The third kappa shape index (κ3) is 3.19. The zero-order chi connectivity index (χ0) is 12.3. The monoisotopic (exact) mass is 239 g/mol. The van der Waals surface area contributed by atoms with Crippen LogP contribution in [0.1, 0.15) is 32.6 Å². The first-order valence-corrected chi connectivity index (χ1v) is 6.91. The molecule has 0 radical (unpaired) electrons. The fraction of sp³-hybridized carbons (Fsp3) is 0.923. The van der Waals surface area contributed by atoms with Crippen molar-refractivity contribution in [1.29, 1.82) is 0 Å². The zero-order valence-corrected chi connectivity index (χ0v) is 11.1. The van der Waals surface area contributed by atoms with Crippen LogP contribution < -0.4 is 5.32 Å². The molecule has 0 saturated carbocycles. The maximum Gasteiger partial charge on any atom is 0.239 e. The van der Waals surface area contributed by atoms with Gasteiger partial charge in [-0.3, -0.25) is 4.79 Å². The normalized spacial score (nSPS) is 32.2. The van der Waals surface area contributed by atoms with Gasteiger partial charge in [0.2, 0.25) is 5.91 Å². The van der Waals surface area contributed by atoms with Crippen molar-refractivity contribution in [2.75, 3.05) is 33.2 Å². The Morgan fingerprint density at radius 3 is 2.76 bits per heavy atom. The van der Waals surface area contributed by atoms with Crippen molar-refractivity contribution in [3.8, 4) is 0 Å². The zero-order valence-electron chi connectivity index (χ0n) is 11.1. The van der Waals surface area contributed by atoms with Gasteiger partial charge in [0.25, 0.3) is 0 Å². The molecule has 0 aliphatic carbocycles. The molecule has 4 nitrogen and oxygen atoms in total. The van der Waals surface area contributed by atoms with E-state index in [1.54, 1.807) is 0 Å². The minimum atomic E-state index is 0.0783. The summed E-state index contributed by atoms with van der Waals surface area (Å²) in [5.74, 6) is 0.326. The van der Waals surface area contributed by atoms with Crippen LogP contribution in [0.2, 0.25) is 0 Å². The van der Waals surface area contributed by atoms with Gasteiger partial charge in [0, 0.05) is 19.1 Å². The van der Waals surface area contributed by atoms with Crippen LogP contribution in [0.3, 0.4) is 0 Å². The summed E-state index contributed by atoms with van der Waals surface area (Å²) in [5, 5.41) is 3.36. The van der Waals surface area contributed by atoms with Gasteiger partial charge in [0.15, 0.2) is 0 Å². The smallest absolute Gasteiger partial charge is 0.239 e. The molecule has 0 aromatic carbocycles. The Bertz CT molecular complexity index is 263. The number of rotatable bonds is 1. The Morgan fingerprint density at radius 2 is 2.06 bits per heavy atom. The van der Waals surface area contributed by atoms with Crippen LogP contribution >= 0.6 is 0 Å². The maximum atomic E-state index is 12.5. The largest absolute Gasteiger partial charge is 0.337 e. The SMILES string of the molecule is CC1CN(C)CCCN1C(=O)[C@@H]1CCCCN1. The molecular formula is C13H25N3O. The van der Waals surface area contributed by atoms with Crippen molar-refractivity contribution in [3.05, 3.63) is 0 Å². The van der Waals surface area contributed by atoms with Crippen LogP contribution in [0.4, 0.5) is 0 Å². The van der Waals surface area contributed by atoms with Crippen LogP contribution in [0.25, 0.3) is 0 Å². The van der Waals surface area contributed by atoms with Gasteiger partial charge in [0.05, 0.1) is 6.04 Å². The summed E-state index contributed by atoms with van der Waals surface area (Å²) in [4.78, 5) is 16.9. The molecule has 0 aromatic heterocycles. The second-order valence-corrected chi connectivity index (χ2v) is 5.50. The Hall–Kier alpha value is -0.610. The number of carbonyl (C=O) groups excluding carboxylic acids is 1. The average Bonchev–Trinajstić information content (AvgIpc) is 2.50. The first-order chi connectivity index (χ1) is 8.18. The summed E-state index contributed by atoms with van der Waals surface area (Å²) in [6.45, 7) is 6.19. The molecule has 0 spiro atoms. The van der Waals surface area contributed by atoms with E-state index in [4.69, 9.17) is 0 Å². The lowest BCUT2D eigenvalue weighted by Crippen LogP contribution is -2.52. The number of nitrogens with zero attached hydrogens (tertiary/aromatic N) is 2. The lowest BCUT2D eigenvalue weighted by atomic mass is 10.0. The molecular weight excluding hydrogens is 214 g/mol. The van der Waals surface area contributed by atoms with Crippen molar-refractivity contribution in [2.24, 2.45) is 0 Å². The number of hydrogen-bond acceptors (Lipinski definition) is 3. The highest BCUT2D eigenvalue weighted by Crippen LogP contribution is 2.14. The number of amides is 1. The van der Waals surface area contributed by atoms with E-state index in [1.807, 2.05) is 0 Å². The molecule has 98 valence electrons. The average molecular weight is 239 g/mol. The Labute approximate surface area is 104 Å². The predicted molar refractivity (Wildman–Crippen MR) is 68.9 cm³/mol. The van der Waals surface area contributed by atoms with Crippen LogP contribution in [0.5, 0.6) is 0 Å². The van der Waals surface area contributed by atoms with Crippen molar-refractivity contribution >= 4 is 5.91 Å². The molecule has 0 bridgehead atoms. The molecule has 2 fully saturated rings. The summed E-state index contributed by atoms with van der Waals surface area (Å²) < 4.78 is 0. The molecule has 1 unspecified atom stereocenters. The number of likely N-dealkylation sites (N-methyl/N-ethyl adjacent to an activating group) is 1. The van der Waals surface area contributed by atoms with E-state index < -0.39 is 0 Å².